The van der Waals surface area contributed by atoms with Crippen LogP contribution in [0.1, 0.15) is 17.5 Å². The summed E-state index contributed by atoms with van der Waals surface area (Å²) in [5.41, 5.74) is 2.33. The number of amides is 3. The smallest absolute Gasteiger partial charge is 0.317 e. The molecule has 2 aliphatic rings. The lowest BCUT2D eigenvalue weighted by Gasteiger charge is -2.26. The Balaban J connectivity index is 1.49. The quantitative estimate of drug-likeness (QED) is 0.835. The van der Waals surface area contributed by atoms with Gasteiger partial charge in [0.05, 0.1) is 13.2 Å². The molecule has 0 bridgehead atoms. The first-order chi connectivity index (χ1) is 12.2. The van der Waals surface area contributed by atoms with Crippen molar-refractivity contribution in [2.24, 2.45) is 0 Å². The number of ether oxygens (including phenoxy) is 1. The van der Waals surface area contributed by atoms with Gasteiger partial charge in [0.1, 0.15) is 0 Å². The van der Waals surface area contributed by atoms with E-state index in [-0.39, 0.29) is 11.9 Å². The molecule has 2 N–H and O–H groups in total. The van der Waals surface area contributed by atoms with Crippen molar-refractivity contribution >= 4 is 11.9 Å². The van der Waals surface area contributed by atoms with Crippen molar-refractivity contribution in [1.82, 2.24) is 20.4 Å². The molecule has 2 aliphatic heterocycles. The van der Waals surface area contributed by atoms with Crippen LogP contribution in [0.3, 0.4) is 0 Å². The van der Waals surface area contributed by atoms with Crippen LogP contribution < -0.4 is 10.6 Å². The van der Waals surface area contributed by atoms with Crippen LogP contribution in [0.4, 0.5) is 4.79 Å². The molecular weight excluding hydrogens is 320 g/mol. The lowest BCUT2D eigenvalue weighted by molar-refractivity contribution is -0.120. The Labute approximate surface area is 148 Å². The number of benzene rings is 1. The van der Waals surface area contributed by atoms with E-state index < -0.39 is 0 Å². The van der Waals surface area contributed by atoms with Gasteiger partial charge in [-0.05, 0) is 11.1 Å². The van der Waals surface area contributed by atoms with Gasteiger partial charge >= 0.3 is 6.03 Å². The maximum atomic E-state index is 12.3. The molecule has 7 heteroatoms. The molecule has 2 fully saturated rings. The highest BCUT2D eigenvalue weighted by atomic mass is 16.5. The van der Waals surface area contributed by atoms with E-state index in [9.17, 15) is 9.59 Å². The van der Waals surface area contributed by atoms with Crippen molar-refractivity contribution < 1.29 is 14.3 Å². The Morgan fingerprint density at radius 2 is 1.96 bits per heavy atom. The fraction of sp³-hybridized carbons (Fsp3) is 0.556. The lowest BCUT2D eigenvalue weighted by atomic mass is 10.1. The Hall–Kier alpha value is -2.12. The fourth-order valence-electron chi connectivity index (χ4n) is 3.11. The van der Waals surface area contributed by atoms with Gasteiger partial charge < -0.3 is 20.3 Å². The third-order valence-corrected chi connectivity index (χ3v) is 4.54. The monoisotopic (exact) mass is 346 g/mol. The van der Waals surface area contributed by atoms with Gasteiger partial charge in [-0.3, -0.25) is 9.69 Å². The normalized spacial score (nSPS) is 19.2. The summed E-state index contributed by atoms with van der Waals surface area (Å²) in [4.78, 5) is 27.7. The number of nitrogens with one attached hydrogen (secondary N) is 2. The molecule has 0 aliphatic carbocycles. The van der Waals surface area contributed by atoms with Crippen molar-refractivity contribution in [2.45, 2.75) is 19.5 Å². The highest BCUT2D eigenvalue weighted by Gasteiger charge is 2.18. The van der Waals surface area contributed by atoms with Crippen LogP contribution in [0.5, 0.6) is 0 Å². The minimum Gasteiger partial charge on any atom is -0.379 e. The Morgan fingerprint density at radius 3 is 2.80 bits per heavy atom. The molecule has 0 unspecified atom stereocenters. The zero-order chi connectivity index (χ0) is 17.5. The molecule has 0 aromatic heterocycles. The van der Waals surface area contributed by atoms with Crippen LogP contribution in [0.25, 0.3) is 0 Å². The lowest BCUT2D eigenvalue weighted by Crippen LogP contribution is -2.41. The second-order valence-corrected chi connectivity index (χ2v) is 6.45. The second-order valence-electron chi connectivity index (χ2n) is 6.45. The molecule has 1 aromatic carbocycles. The molecule has 25 heavy (non-hydrogen) atoms. The fourth-order valence-corrected chi connectivity index (χ4v) is 3.11. The van der Waals surface area contributed by atoms with E-state index in [1.54, 1.807) is 4.90 Å². The predicted octanol–water partition coefficient (Wildman–Crippen LogP) is 0.550. The molecule has 2 saturated heterocycles. The summed E-state index contributed by atoms with van der Waals surface area (Å²) in [6, 6.07) is 8.20. The van der Waals surface area contributed by atoms with Crippen molar-refractivity contribution in [3.8, 4) is 0 Å². The average molecular weight is 346 g/mol. The summed E-state index contributed by atoms with van der Waals surface area (Å²) in [5, 5.41) is 5.73. The van der Waals surface area contributed by atoms with E-state index in [4.69, 9.17) is 4.74 Å². The van der Waals surface area contributed by atoms with Crippen LogP contribution in [0.2, 0.25) is 0 Å². The third-order valence-electron chi connectivity index (χ3n) is 4.54. The average Bonchev–Trinajstić information content (AvgIpc) is 2.85. The van der Waals surface area contributed by atoms with E-state index in [0.717, 1.165) is 38.4 Å². The minimum atomic E-state index is -0.116. The number of nitrogens with zero attached hydrogens (tertiary/aromatic N) is 2. The SMILES string of the molecule is O=C1CCN(C(=O)NCc2cccc(CN3CCOCC3)c2)CCN1. The Bertz CT molecular complexity index is 602. The number of urea groups is 1. The molecule has 1 aromatic rings. The predicted molar refractivity (Wildman–Crippen MR) is 94.0 cm³/mol. The first-order valence-corrected chi connectivity index (χ1v) is 8.88. The summed E-state index contributed by atoms with van der Waals surface area (Å²) < 4.78 is 5.38. The molecule has 2 heterocycles. The summed E-state index contributed by atoms with van der Waals surface area (Å²) in [6.45, 7) is 6.45. The Morgan fingerprint density at radius 1 is 1.16 bits per heavy atom. The first kappa shape index (κ1) is 17.7. The molecule has 0 saturated carbocycles. The van der Waals surface area contributed by atoms with E-state index in [1.807, 2.05) is 12.1 Å². The zero-order valence-electron chi connectivity index (χ0n) is 14.5. The standard InChI is InChI=1S/C18H26N4O3/c23-17-4-6-22(7-5-19-17)18(24)20-13-15-2-1-3-16(12-15)14-21-8-10-25-11-9-21/h1-3,12H,4-11,13-14H2,(H,19,23)(H,20,24). The van der Waals surface area contributed by atoms with Gasteiger partial charge in [-0.2, -0.15) is 0 Å². The molecular formula is C18H26N4O3. The van der Waals surface area contributed by atoms with E-state index in [2.05, 4.69) is 27.7 Å². The third kappa shape index (κ3) is 5.44. The number of rotatable bonds is 4. The van der Waals surface area contributed by atoms with Gasteiger partial charge in [0.25, 0.3) is 0 Å². The summed E-state index contributed by atoms with van der Waals surface area (Å²) in [6.07, 6.45) is 0.364. The van der Waals surface area contributed by atoms with Gasteiger partial charge in [-0.25, -0.2) is 4.79 Å². The Kier molecular flexibility index (Phi) is 6.25. The van der Waals surface area contributed by atoms with Crippen LogP contribution in [-0.4, -0.2) is 67.7 Å². The van der Waals surface area contributed by atoms with Gasteiger partial charge in [0, 0.05) is 52.2 Å². The largest absolute Gasteiger partial charge is 0.379 e. The van der Waals surface area contributed by atoms with Crippen molar-refractivity contribution in [3.63, 3.8) is 0 Å². The minimum absolute atomic E-state index is 0.00566. The molecule has 136 valence electrons. The van der Waals surface area contributed by atoms with Gasteiger partial charge in [0.15, 0.2) is 0 Å². The molecule has 0 atom stereocenters. The number of hydrogen-bond acceptors (Lipinski definition) is 4. The maximum Gasteiger partial charge on any atom is 0.317 e. The van der Waals surface area contributed by atoms with E-state index >= 15 is 0 Å². The number of morpholine rings is 1. The van der Waals surface area contributed by atoms with Crippen LogP contribution in [0.15, 0.2) is 24.3 Å². The summed E-state index contributed by atoms with van der Waals surface area (Å²) in [5.74, 6) is 0.00566. The van der Waals surface area contributed by atoms with Crippen LogP contribution >= 0.6 is 0 Å². The summed E-state index contributed by atoms with van der Waals surface area (Å²) >= 11 is 0. The number of carbonyl (C=O) groups excluding carboxylic acids is 2. The molecule has 7 nitrogen and oxygen atoms in total. The second kappa shape index (κ2) is 8.82. The van der Waals surface area contributed by atoms with Crippen molar-refractivity contribution in [1.29, 1.82) is 0 Å². The summed E-state index contributed by atoms with van der Waals surface area (Å²) in [7, 11) is 0. The molecule has 0 spiro atoms. The van der Waals surface area contributed by atoms with Gasteiger partial charge in [-0.15, -0.1) is 0 Å². The zero-order valence-corrected chi connectivity index (χ0v) is 14.5. The van der Waals surface area contributed by atoms with Gasteiger partial charge in [-0.1, -0.05) is 24.3 Å². The van der Waals surface area contributed by atoms with E-state index in [0.29, 0.717) is 32.6 Å². The molecule has 3 rings (SSSR count). The van der Waals surface area contributed by atoms with Crippen molar-refractivity contribution in [2.75, 3.05) is 45.9 Å². The van der Waals surface area contributed by atoms with Crippen molar-refractivity contribution in [3.05, 3.63) is 35.4 Å². The topological polar surface area (TPSA) is 73.9 Å². The van der Waals surface area contributed by atoms with Crippen LogP contribution in [0, 0.1) is 0 Å². The molecule has 0 radical (unpaired) electrons. The highest BCUT2D eigenvalue weighted by molar-refractivity contribution is 5.79. The van der Waals surface area contributed by atoms with Gasteiger partial charge in [0.2, 0.25) is 5.91 Å². The van der Waals surface area contributed by atoms with E-state index in [1.165, 1.54) is 5.56 Å². The van der Waals surface area contributed by atoms with Crippen LogP contribution in [-0.2, 0) is 22.6 Å². The first-order valence-electron chi connectivity index (χ1n) is 8.88. The number of hydrogen-bond donors (Lipinski definition) is 2. The maximum absolute atomic E-state index is 12.3. The highest BCUT2D eigenvalue weighted by Crippen LogP contribution is 2.10. The number of carbonyl (C=O) groups is 2. The molecule has 3 amide bonds.